The molecule has 8 rings (SSSR count). The maximum Gasteiger partial charge on any atom is 0.416 e. The Morgan fingerprint density at radius 1 is 0.690 bits per heavy atom. The molecule has 208 valence electrons. The molecule has 11 heteroatoms. The third-order valence-electron chi connectivity index (χ3n) is 7.18. The van der Waals surface area contributed by atoms with Gasteiger partial charge >= 0.3 is 6.18 Å². The Kier molecular flexibility index (Phi) is 5.95. The zero-order chi connectivity index (χ0) is 28.4. The summed E-state index contributed by atoms with van der Waals surface area (Å²) in [7, 11) is 0. The molecule has 2 aliphatic heterocycles. The number of nitrogens with one attached hydrogen (secondary N) is 1. The van der Waals surface area contributed by atoms with E-state index < -0.39 is 11.7 Å². The van der Waals surface area contributed by atoms with E-state index in [4.69, 9.17) is 9.47 Å². The predicted octanol–water partition coefficient (Wildman–Crippen LogP) is 9.75. The molecule has 0 spiro atoms. The molecule has 0 radical (unpaired) electrons. The summed E-state index contributed by atoms with van der Waals surface area (Å²) in [6.45, 7) is 0.852. The maximum absolute atomic E-state index is 13.4. The molecule has 0 saturated heterocycles. The zero-order valence-corrected chi connectivity index (χ0v) is 23.9. The van der Waals surface area contributed by atoms with Crippen LogP contribution in [-0.4, -0.2) is 22.0 Å². The van der Waals surface area contributed by atoms with E-state index in [1.807, 2.05) is 24.3 Å². The molecule has 4 aromatic carbocycles. The second kappa shape index (κ2) is 9.75. The van der Waals surface area contributed by atoms with E-state index in [1.54, 1.807) is 29.2 Å². The van der Waals surface area contributed by atoms with Crippen molar-refractivity contribution in [3.8, 4) is 43.5 Å². The molecule has 1 N–H and O–H groups in total. The van der Waals surface area contributed by atoms with Crippen molar-refractivity contribution in [3.05, 3.63) is 84.4 Å². The van der Waals surface area contributed by atoms with Crippen LogP contribution in [0.4, 0.5) is 24.5 Å². The van der Waals surface area contributed by atoms with Crippen molar-refractivity contribution in [2.24, 2.45) is 0 Å². The van der Waals surface area contributed by atoms with E-state index in [0.717, 1.165) is 65.9 Å². The number of anilines is 2. The number of alkyl halides is 3. The highest BCUT2D eigenvalue weighted by molar-refractivity contribution is 7.99. The summed E-state index contributed by atoms with van der Waals surface area (Å²) >= 11 is 4.30. The highest BCUT2D eigenvalue weighted by Gasteiger charge is 2.32. The van der Waals surface area contributed by atoms with Crippen LogP contribution in [0.3, 0.4) is 0 Å². The molecule has 5 nitrogen and oxygen atoms in total. The van der Waals surface area contributed by atoms with Gasteiger partial charge in [-0.2, -0.15) is 21.9 Å². The van der Waals surface area contributed by atoms with Crippen molar-refractivity contribution >= 4 is 57.2 Å². The summed E-state index contributed by atoms with van der Waals surface area (Å²) in [5.74, 6) is 1.34. The molecule has 42 heavy (non-hydrogen) atoms. The number of hydrogen-bond donors (Lipinski definition) is 1. The van der Waals surface area contributed by atoms with Crippen molar-refractivity contribution in [1.82, 2.24) is 8.75 Å². The van der Waals surface area contributed by atoms with Gasteiger partial charge in [-0.25, -0.2) is 0 Å². The number of thiophene rings is 1. The van der Waals surface area contributed by atoms with Gasteiger partial charge in [-0.1, -0.05) is 54.2 Å². The van der Waals surface area contributed by atoms with Gasteiger partial charge in [0.15, 0.2) is 11.5 Å². The minimum atomic E-state index is -4.44. The lowest BCUT2D eigenvalue weighted by Crippen LogP contribution is -2.14. The first-order valence-electron chi connectivity index (χ1n) is 13.0. The van der Waals surface area contributed by atoms with Crippen molar-refractivity contribution in [1.29, 1.82) is 0 Å². The largest absolute Gasteiger partial charge is 0.485 e. The lowest BCUT2D eigenvalue weighted by molar-refractivity contribution is -0.137. The van der Waals surface area contributed by atoms with E-state index >= 15 is 0 Å². The van der Waals surface area contributed by atoms with Gasteiger partial charge in [-0.05, 0) is 47.5 Å². The lowest BCUT2D eigenvalue weighted by atomic mass is 9.99. The van der Waals surface area contributed by atoms with E-state index in [2.05, 4.69) is 44.4 Å². The number of rotatable bonds is 3. The zero-order valence-electron chi connectivity index (χ0n) is 21.5. The Labute approximate surface area is 250 Å². The molecule has 0 amide bonds. The fourth-order valence-corrected chi connectivity index (χ4v) is 8.05. The molecule has 2 aromatic heterocycles. The Bertz CT molecular complexity index is 2020. The second-order valence-corrected chi connectivity index (χ2v) is 12.4. The van der Waals surface area contributed by atoms with Crippen LogP contribution in [0, 0.1) is 0 Å². The normalized spacial score (nSPS) is 13.9. The number of ether oxygens (including phenoxy) is 2. The summed E-state index contributed by atoms with van der Waals surface area (Å²) in [5, 5.41) is 3.51. The van der Waals surface area contributed by atoms with Crippen molar-refractivity contribution in [3.63, 3.8) is 0 Å². The minimum Gasteiger partial charge on any atom is -0.485 e. The van der Waals surface area contributed by atoms with Gasteiger partial charge in [0, 0.05) is 20.9 Å². The minimum absolute atomic E-state index is 0.414. The Morgan fingerprint density at radius 2 is 1.43 bits per heavy atom. The molecule has 2 aliphatic rings. The first-order valence-corrected chi connectivity index (χ1v) is 15.3. The Balaban J connectivity index is 1.23. The van der Waals surface area contributed by atoms with E-state index in [9.17, 15) is 13.2 Å². The number of benzene rings is 4. The second-order valence-electron chi connectivity index (χ2n) is 9.75. The number of aromatic nitrogens is 2. The van der Waals surface area contributed by atoms with Gasteiger partial charge in [0.2, 0.25) is 0 Å². The number of para-hydroxylation sites is 1. The molecule has 0 aliphatic carbocycles. The molecule has 0 fully saturated rings. The van der Waals surface area contributed by atoms with Gasteiger partial charge in [0.1, 0.15) is 24.2 Å². The van der Waals surface area contributed by atoms with Crippen molar-refractivity contribution in [2.45, 2.75) is 16.0 Å². The fraction of sp³-hybridized carbons (Fsp3) is 0.0968. The SMILES string of the molecule is FC(F)(F)c1cccc(-c2ccc(-c3sc(-c4ccc5c(c4)Sc4ccccc4N5)c4c3OCCO4)c3nsnc23)c1. The molecule has 6 aromatic rings. The summed E-state index contributed by atoms with van der Waals surface area (Å²) in [6, 6.07) is 23.5. The van der Waals surface area contributed by atoms with Crippen LogP contribution < -0.4 is 14.8 Å². The smallest absolute Gasteiger partial charge is 0.416 e. The van der Waals surface area contributed by atoms with Crippen LogP contribution in [0.1, 0.15) is 5.56 Å². The number of nitrogens with zero attached hydrogens (tertiary/aromatic N) is 2. The first-order chi connectivity index (χ1) is 20.4. The van der Waals surface area contributed by atoms with Crippen LogP contribution in [0.15, 0.2) is 88.7 Å². The molecule has 4 heterocycles. The van der Waals surface area contributed by atoms with Crippen molar-refractivity contribution < 1.29 is 22.6 Å². The molecule has 0 bridgehead atoms. The van der Waals surface area contributed by atoms with Gasteiger partial charge in [-0.15, -0.1) is 11.3 Å². The van der Waals surface area contributed by atoms with Crippen LogP contribution >= 0.6 is 34.8 Å². The molecule has 0 atom stereocenters. The summed E-state index contributed by atoms with van der Waals surface area (Å²) in [6.07, 6.45) is -4.44. The first kappa shape index (κ1) is 25.6. The lowest BCUT2D eigenvalue weighted by Gasteiger charge is -2.21. The maximum atomic E-state index is 13.4. The van der Waals surface area contributed by atoms with Gasteiger partial charge in [0.05, 0.1) is 38.4 Å². The third-order valence-corrected chi connectivity index (χ3v) is 10.1. The average Bonchev–Trinajstić information content (AvgIpc) is 3.65. The number of fused-ring (bicyclic) bond motifs is 4. The van der Waals surface area contributed by atoms with E-state index in [1.165, 1.54) is 6.07 Å². The van der Waals surface area contributed by atoms with Crippen molar-refractivity contribution in [2.75, 3.05) is 18.5 Å². The Hall–Kier alpha value is -4.06. The summed E-state index contributed by atoms with van der Waals surface area (Å²) in [4.78, 5) is 4.07. The topological polar surface area (TPSA) is 56.3 Å². The molecule has 0 unspecified atom stereocenters. The average molecular weight is 618 g/mol. The number of halogens is 3. The summed E-state index contributed by atoms with van der Waals surface area (Å²) in [5.41, 5.74) is 5.43. The van der Waals surface area contributed by atoms with E-state index in [0.29, 0.717) is 46.9 Å². The molecular weight excluding hydrogens is 600 g/mol. The van der Waals surface area contributed by atoms with Gasteiger partial charge in [-0.3, -0.25) is 0 Å². The van der Waals surface area contributed by atoms with Crippen LogP contribution in [0.2, 0.25) is 0 Å². The van der Waals surface area contributed by atoms with E-state index in [-0.39, 0.29) is 0 Å². The van der Waals surface area contributed by atoms with Crippen LogP contribution in [-0.2, 0) is 6.18 Å². The van der Waals surface area contributed by atoms with Crippen LogP contribution in [0.5, 0.6) is 11.5 Å². The molecule has 0 saturated carbocycles. The quantitative estimate of drug-likeness (QED) is 0.213. The number of hydrogen-bond acceptors (Lipinski definition) is 8. The standard InChI is InChI=1S/C31H18F3N3O2S3/c32-31(33,34)18-5-3-4-16(14-18)19-9-10-20(26-25(19)36-42-37-26)30-28-27(38-12-13-39-28)29(41-30)17-8-11-22-24(15-17)40-23-7-2-1-6-21(23)35-22/h1-11,14-15,35H,12-13H2. The highest BCUT2D eigenvalue weighted by Crippen LogP contribution is 2.56. The molecular formula is C31H18F3N3O2S3. The van der Waals surface area contributed by atoms with Gasteiger partial charge in [0.25, 0.3) is 0 Å². The third kappa shape index (κ3) is 4.22. The monoisotopic (exact) mass is 617 g/mol. The predicted molar refractivity (Wildman–Crippen MR) is 161 cm³/mol. The summed E-state index contributed by atoms with van der Waals surface area (Å²) < 4.78 is 61.7. The highest BCUT2D eigenvalue weighted by atomic mass is 32.2. The van der Waals surface area contributed by atoms with Gasteiger partial charge < -0.3 is 14.8 Å². The fourth-order valence-electron chi connectivity index (χ4n) is 5.24. The Morgan fingerprint density at radius 3 is 2.26 bits per heavy atom. The van der Waals surface area contributed by atoms with Crippen LogP contribution in [0.25, 0.3) is 43.0 Å².